The van der Waals surface area contributed by atoms with Crippen molar-refractivity contribution in [2.75, 3.05) is 14.2 Å². The molecule has 0 amide bonds. The second kappa shape index (κ2) is 5.60. The molecule has 108 valence electrons. The molecule has 0 aromatic heterocycles. The third kappa shape index (κ3) is 2.18. The zero-order chi connectivity index (χ0) is 14.9. The first-order chi connectivity index (χ1) is 10.3. The van der Waals surface area contributed by atoms with Crippen LogP contribution in [-0.4, -0.2) is 22.8 Å². The molecule has 2 nitrogen and oxygen atoms in total. The molecule has 3 aromatic rings. The van der Waals surface area contributed by atoms with Crippen LogP contribution < -0.4 is 5.19 Å². The standard InChI is InChI=1S/C18H20O2Si/c1-4-21(19-2,20-3)18-11-7-10-16-15-9-6-5-8-14(15)12-13-17(16)18/h5-13H,4H2,1-3H3. The summed E-state index contributed by atoms with van der Waals surface area (Å²) in [6, 6.07) is 20.2. The van der Waals surface area contributed by atoms with Crippen LogP contribution in [0, 0.1) is 0 Å². The van der Waals surface area contributed by atoms with Gasteiger partial charge in [0, 0.05) is 19.4 Å². The smallest absolute Gasteiger partial charge is 0.372 e. The minimum absolute atomic E-state index is 0.895. The molecule has 0 saturated heterocycles. The molecule has 0 radical (unpaired) electrons. The molecule has 0 aliphatic carbocycles. The Bertz CT molecular complexity index is 770. The Balaban J connectivity index is 2.38. The van der Waals surface area contributed by atoms with Crippen LogP contribution in [0.3, 0.4) is 0 Å². The molecule has 0 unspecified atom stereocenters. The first kappa shape index (κ1) is 14.3. The highest BCUT2D eigenvalue weighted by Gasteiger charge is 2.37. The zero-order valence-corrected chi connectivity index (χ0v) is 13.7. The van der Waals surface area contributed by atoms with Gasteiger partial charge in [0.25, 0.3) is 0 Å². The number of hydrogen-bond acceptors (Lipinski definition) is 2. The molecule has 0 aliphatic rings. The molecule has 0 bridgehead atoms. The highest BCUT2D eigenvalue weighted by atomic mass is 28.4. The van der Waals surface area contributed by atoms with Crippen LogP contribution in [-0.2, 0) is 8.85 Å². The highest BCUT2D eigenvalue weighted by Crippen LogP contribution is 2.26. The van der Waals surface area contributed by atoms with Crippen molar-refractivity contribution in [3.63, 3.8) is 0 Å². The molecule has 0 N–H and O–H groups in total. The summed E-state index contributed by atoms with van der Waals surface area (Å²) in [5.41, 5.74) is 0. The highest BCUT2D eigenvalue weighted by molar-refractivity contribution is 6.83. The lowest BCUT2D eigenvalue weighted by Crippen LogP contribution is -2.52. The van der Waals surface area contributed by atoms with Crippen LogP contribution in [0.1, 0.15) is 6.92 Å². The van der Waals surface area contributed by atoms with Crippen molar-refractivity contribution < 1.29 is 8.85 Å². The predicted molar refractivity (Wildman–Crippen MR) is 91.3 cm³/mol. The third-order valence-electron chi connectivity index (χ3n) is 4.32. The van der Waals surface area contributed by atoms with Gasteiger partial charge < -0.3 is 8.85 Å². The zero-order valence-electron chi connectivity index (χ0n) is 12.7. The first-order valence-corrected chi connectivity index (χ1v) is 9.29. The maximum Gasteiger partial charge on any atom is 0.372 e. The van der Waals surface area contributed by atoms with Gasteiger partial charge in [-0.1, -0.05) is 61.5 Å². The van der Waals surface area contributed by atoms with Crippen molar-refractivity contribution in [2.45, 2.75) is 13.0 Å². The Morgan fingerprint density at radius 1 is 0.762 bits per heavy atom. The third-order valence-corrected chi connectivity index (χ3v) is 7.83. The van der Waals surface area contributed by atoms with Gasteiger partial charge in [-0.3, -0.25) is 0 Å². The molecule has 3 aromatic carbocycles. The van der Waals surface area contributed by atoms with Gasteiger partial charge >= 0.3 is 8.56 Å². The van der Waals surface area contributed by atoms with E-state index in [2.05, 4.69) is 61.5 Å². The summed E-state index contributed by atoms with van der Waals surface area (Å²) < 4.78 is 11.7. The minimum Gasteiger partial charge on any atom is -0.394 e. The minimum atomic E-state index is -2.35. The van der Waals surface area contributed by atoms with Crippen LogP contribution in [0.5, 0.6) is 0 Å². The number of rotatable bonds is 4. The van der Waals surface area contributed by atoms with Gasteiger partial charge in [-0.25, -0.2) is 0 Å². The average molecular weight is 296 g/mol. The van der Waals surface area contributed by atoms with E-state index in [-0.39, 0.29) is 0 Å². The van der Waals surface area contributed by atoms with E-state index in [1.165, 1.54) is 26.7 Å². The van der Waals surface area contributed by atoms with Crippen molar-refractivity contribution in [2.24, 2.45) is 0 Å². The van der Waals surface area contributed by atoms with Gasteiger partial charge in [-0.05, 0) is 27.6 Å². The van der Waals surface area contributed by atoms with E-state index >= 15 is 0 Å². The van der Waals surface area contributed by atoms with E-state index in [1.807, 2.05) is 0 Å². The fourth-order valence-electron chi connectivity index (χ4n) is 3.15. The molecular weight excluding hydrogens is 276 g/mol. The van der Waals surface area contributed by atoms with Crippen LogP contribution in [0.25, 0.3) is 21.5 Å². The lowest BCUT2D eigenvalue weighted by molar-refractivity contribution is 0.259. The maximum absolute atomic E-state index is 5.86. The van der Waals surface area contributed by atoms with E-state index in [9.17, 15) is 0 Å². The monoisotopic (exact) mass is 296 g/mol. The van der Waals surface area contributed by atoms with Crippen molar-refractivity contribution in [1.29, 1.82) is 0 Å². The lowest BCUT2D eigenvalue weighted by atomic mass is 10.0. The molecular formula is C18H20O2Si. The topological polar surface area (TPSA) is 18.5 Å². The Kier molecular flexibility index (Phi) is 3.80. The summed E-state index contributed by atoms with van der Waals surface area (Å²) in [7, 11) is 1.18. The normalized spacial score (nSPS) is 12.1. The van der Waals surface area contributed by atoms with Crippen LogP contribution in [0.4, 0.5) is 0 Å². The molecule has 3 heteroatoms. The van der Waals surface area contributed by atoms with E-state index in [0.29, 0.717) is 0 Å². The Labute approximate surface area is 126 Å². The maximum atomic E-state index is 5.86. The largest absolute Gasteiger partial charge is 0.394 e. The van der Waals surface area contributed by atoms with Crippen molar-refractivity contribution in [3.05, 3.63) is 54.6 Å². The Morgan fingerprint density at radius 2 is 1.48 bits per heavy atom. The average Bonchev–Trinajstić information content (AvgIpc) is 2.57. The van der Waals surface area contributed by atoms with E-state index in [1.54, 1.807) is 14.2 Å². The fraction of sp³-hybridized carbons (Fsp3) is 0.222. The second-order valence-electron chi connectivity index (χ2n) is 5.20. The van der Waals surface area contributed by atoms with Gasteiger partial charge in [-0.2, -0.15) is 0 Å². The van der Waals surface area contributed by atoms with Gasteiger partial charge in [0.05, 0.1) is 0 Å². The van der Waals surface area contributed by atoms with Crippen LogP contribution in [0.15, 0.2) is 54.6 Å². The van der Waals surface area contributed by atoms with Crippen molar-refractivity contribution in [1.82, 2.24) is 0 Å². The molecule has 0 heterocycles. The van der Waals surface area contributed by atoms with Gasteiger partial charge in [-0.15, -0.1) is 0 Å². The number of benzene rings is 3. The number of hydrogen-bond donors (Lipinski definition) is 0. The van der Waals surface area contributed by atoms with Crippen LogP contribution in [0.2, 0.25) is 6.04 Å². The second-order valence-corrected chi connectivity index (χ2v) is 8.77. The van der Waals surface area contributed by atoms with E-state index in [4.69, 9.17) is 8.85 Å². The van der Waals surface area contributed by atoms with E-state index in [0.717, 1.165) is 6.04 Å². The van der Waals surface area contributed by atoms with Gasteiger partial charge in [0.1, 0.15) is 0 Å². The molecule has 21 heavy (non-hydrogen) atoms. The van der Waals surface area contributed by atoms with Crippen molar-refractivity contribution >= 4 is 35.3 Å². The fourth-order valence-corrected chi connectivity index (χ4v) is 5.70. The quantitative estimate of drug-likeness (QED) is 0.536. The number of fused-ring (bicyclic) bond motifs is 3. The lowest BCUT2D eigenvalue weighted by Gasteiger charge is -2.27. The summed E-state index contributed by atoms with van der Waals surface area (Å²) in [5.74, 6) is 0. The summed E-state index contributed by atoms with van der Waals surface area (Å²) in [4.78, 5) is 0. The summed E-state index contributed by atoms with van der Waals surface area (Å²) in [6.07, 6.45) is 0. The van der Waals surface area contributed by atoms with Crippen molar-refractivity contribution in [3.8, 4) is 0 Å². The molecule has 0 atom stereocenters. The van der Waals surface area contributed by atoms with Crippen LogP contribution >= 0.6 is 0 Å². The first-order valence-electron chi connectivity index (χ1n) is 7.27. The Hall–Kier alpha value is -1.68. The molecule has 0 fully saturated rings. The molecule has 0 saturated carbocycles. The SMILES string of the molecule is CC[Si](OC)(OC)c1cccc2c1ccc1ccccc12. The molecule has 0 spiro atoms. The summed E-state index contributed by atoms with van der Waals surface area (Å²) in [5, 5.41) is 6.28. The summed E-state index contributed by atoms with van der Waals surface area (Å²) in [6.45, 7) is 2.14. The summed E-state index contributed by atoms with van der Waals surface area (Å²) >= 11 is 0. The molecule has 3 rings (SSSR count). The van der Waals surface area contributed by atoms with E-state index < -0.39 is 8.56 Å². The Morgan fingerprint density at radius 3 is 2.19 bits per heavy atom. The predicted octanol–water partition coefficient (Wildman–Crippen LogP) is 3.95. The van der Waals surface area contributed by atoms with Gasteiger partial charge in [0.2, 0.25) is 0 Å². The molecule has 0 aliphatic heterocycles. The van der Waals surface area contributed by atoms with Gasteiger partial charge in [0.15, 0.2) is 0 Å².